The maximum atomic E-state index is 12.3. The van der Waals surface area contributed by atoms with Crippen molar-refractivity contribution in [3.8, 4) is 0 Å². The molecular weight excluding hydrogens is 312 g/mol. The monoisotopic (exact) mass is 320 g/mol. The van der Waals surface area contributed by atoms with Crippen LogP contribution in [0.3, 0.4) is 0 Å². The van der Waals surface area contributed by atoms with Crippen LogP contribution >= 0.6 is 27.3 Å². The third-order valence-electron chi connectivity index (χ3n) is 2.69. The van der Waals surface area contributed by atoms with Gasteiger partial charge in [0.15, 0.2) is 0 Å². The molecule has 0 unspecified atom stereocenters. The van der Waals surface area contributed by atoms with Gasteiger partial charge in [0.2, 0.25) is 0 Å². The summed E-state index contributed by atoms with van der Waals surface area (Å²) in [5, 5.41) is 0.663. The minimum absolute atomic E-state index is 0.00474. The summed E-state index contributed by atoms with van der Waals surface area (Å²) in [7, 11) is 0. The highest BCUT2D eigenvalue weighted by Crippen LogP contribution is 2.22. The number of fused-ring (bicyclic) bond motifs is 1. The quantitative estimate of drug-likeness (QED) is 0.726. The summed E-state index contributed by atoms with van der Waals surface area (Å²) in [6.07, 6.45) is 1.61. The van der Waals surface area contributed by atoms with Crippen molar-refractivity contribution in [1.82, 2.24) is 9.55 Å². The topological polar surface area (TPSA) is 34.9 Å². The molecule has 2 heterocycles. The highest BCUT2D eigenvalue weighted by molar-refractivity contribution is 9.11. The molecular formula is C13H9BrN2OS. The summed E-state index contributed by atoms with van der Waals surface area (Å²) in [5.41, 5.74) is 0.747. The molecule has 1 aromatic carbocycles. The number of halogens is 1. The van der Waals surface area contributed by atoms with Crippen molar-refractivity contribution in [2.45, 2.75) is 6.54 Å². The van der Waals surface area contributed by atoms with E-state index in [0.29, 0.717) is 11.9 Å². The van der Waals surface area contributed by atoms with Crippen LogP contribution in [-0.2, 0) is 6.54 Å². The molecule has 0 amide bonds. The number of benzene rings is 1. The van der Waals surface area contributed by atoms with Gasteiger partial charge >= 0.3 is 0 Å². The van der Waals surface area contributed by atoms with Crippen molar-refractivity contribution in [1.29, 1.82) is 0 Å². The van der Waals surface area contributed by atoms with E-state index in [1.807, 2.05) is 36.4 Å². The van der Waals surface area contributed by atoms with E-state index < -0.39 is 0 Å². The first-order valence-electron chi connectivity index (χ1n) is 5.42. The number of thiophene rings is 1. The Labute approximate surface area is 116 Å². The third kappa shape index (κ3) is 2.11. The van der Waals surface area contributed by atoms with Gasteiger partial charge in [0.05, 0.1) is 27.6 Å². The minimum atomic E-state index is 0.00474. The molecule has 0 saturated heterocycles. The Balaban J connectivity index is 2.08. The lowest BCUT2D eigenvalue weighted by Crippen LogP contribution is -2.20. The fourth-order valence-corrected chi connectivity index (χ4v) is 3.31. The summed E-state index contributed by atoms with van der Waals surface area (Å²) < 4.78 is 2.71. The van der Waals surface area contributed by atoms with E-state index in [9.17, 15) is 4.79 Å². The van der Waals surface area contributed by atoms with E-state index in [0.717, 1.165) is 14.2 Å². The Hall–Kier alpha value is -1.46. The number of rotatable bonds is 2. The van der Waals surface area contributed by atoms with E-state index in [1.54, 1.807) is 22.2 Å². The molecule has 0 saturated carbocycles. The predicted molar refractivity (Wildman–Crippen MR) is 77.1 cm³/mol. The maximum absolute atomic E-state index is 12.3. The number of hydrogen-bond donors (Lipinski definition) is 0. The van der Waals surface area contributed by atoms with Gasteiger partial charge < -0.3 is 0 Å². The molecule has 0 aliphatic carbocycles. The first kappa shape index (κ1) is 11.6. The normalized spacial score (nSPS) is 10.9. The number of para-hydroxylation sites is 1. The summed E-state index contributed by atoms with van der Waals surface area (Å²) >= 11 is 5.05. The van der Waals surface area contributed by atoms with Crippen molar-refractivity contribution < 1.29 is 0 Å². The smallest absolute Gasteiger partial charge is 0.261 e. The fraction of sp³-hybridized carbons (Fsp3) is 0.0769. The van der Waals surface area contributed by atoms with Gasteiger partial charge in [-0.05, 0) is 40.2 Å². The Morgan fingerprint density at radius 1 is 1.22 bits per heavy atom. The lowest BCUT2D eigenvalue weighted by Gasteiger charge is -2.04. The number of nitrogens with zero attached hydrogens (tertiary/aromatic N) is 2. The standard InChI is InChI=1S/C13H9BrN2OS/c14-12-6-5-9(18-12)7-16-8-15-11-4-2-1-3-10(11)13(16)17/h1-6,8H,7H2. The van der Waals surface area contributed by atoms with Crippen LogP contribution in [0, 0.1) is 0 Å². The first-order valence-corrected chi connectivity index (χ1v) is 7.03. The van der Waals surface area contributed by atoms with Gasteiger partial charge in [0.25, 0.3) is 5.56 Å². The van der Waals surface area contributed by atoms with Gasteiger partial charge in [-0.3, -0.25) is 9.36 Å². The average Bonchev–Trinajstić information content (AvgIpc) is 2.79. The molecule has 0 N–H and O–H groups in total. The highest BCUT2D eigenvalue weighted by Gasteiger charge is 2.05. The van der Waals surface area contributed by atoms with Crippen LogP contribution in [0.2, 0.25) is 0 Å². The van der Waals surface area contributed by atoms with Crippen LogP contribution in [0.15, 0.2) is 51.3 Å². The van der Waals surface area contributed by atoms with Crippen molar-refractivity contribution >= 4 is 38.2 Å². The molecule has 90 valence electrons. The molecule has 0 aliphatic heterocycles. The molecule has 3 aromatic rings. The van der Waals surface area contributed by atoms with Crippen molar-refractivity contribution in [3.63, 3.8) is 0 Å². The third-order valence-corrected chi connectivity index (χ3v) is 4.29. The summed E-state index contributed by atoms with van der Waals surface area (Å²) in [5.74, 6) is 0. The zero-order valence-electron chi connectivity index (χ0n) is 9.34. The molecule has 0 bridgehead atoms. The zero-order chi connectivity index (χ0) is 12.5. The van der Waals surface area contributed by atoms with Gasteiger partial charge in [0, 0.05) is 4.88 Å². The first-order chi connectivity index (χ1) is 8.74. The van der Waals surface area contributed by atoms with Gasteiger partial charge in [-0.2, -0.15) is 0 Å². The second-order valence-electron chi connectivity index (χ2n) is 3.90. The van der Waals surface area contributed by atoms with E-state index >= 15 is 0 Å². The maximum Gasteiger partial charge on any atom is 0.261 e. The Bertz CT molecular complexity index is 763. The van der Waals surface area contributed by atoms with Crippen LogP contribution in [0.5, 0.6) is 0 Å². The summed E-state index contributed by atoms with van der Waals surface area (Å²) in [6.45, 7) is 0.562. The predicted octanol–water partition coefficient (Wildman–Crippen LogP) is 3.27. The SMILES string of the molecule is O=c1c2ccccc2ncn1Cc1ccc(Br)s1. The summed E-state index contributed by atoms with van der Waals surface area (Å²) in [6, 6.07) is 11.4. The Morgan fingerprint density at radius 3 is 2.83 bits per heavy atom. The van der Waals surface area contributed by atoms with Crippen molar-refractivity contribution in [2.24, 2.45) is 0 Å². The van der Waals surface area contributed by atoms with Crippen molar-refractivity contribution in [3.05, 3.63) is 61.7 Å². The highest BCUT2D eigenvalue weighted by atomic mass is 79.9. The lowest BCUT2D eigenvalue weighted by atomic mass is 10.2. The Kier molecular flexibility index (Phi) is 3.01. The van der Waals surface area contributed by atoms with Gasteiger partial charge in [-0.25, -0.2) is 4.98 Å². The second kappa shape index (κ2) is 4.66. The van der Waals surface area contributed by atoms with E-state index in [2.05, 4.69) is 20.9 Å². The lowest BCUT2D eigenvalue weighted by molar-refractivity contribution is 0.758. The number of hydrogen-bond acceptors (Lipinski definition) is 3. The van der Waals surface area contributed by atoms with E-state index in [4.69, 9.17) is 0 Å². The van der Waals surface area contributed by atoms with Crippen LogP contribution in [-0.4, -0.2) is 9.55 Å². The zero-order valence-corrected chi connectivity index (χ0v) is 11.7. The largest absolute Gasteiger partial charge is 0.293 e. The van der Waals surface area contributed by atoms with Gasteiger partial charge in [-0.1, -0.05) is 12.1 Å². The molecule has 2 aromatic heterocycles. The van der Waals surface area contributed by atoms with E-state index in [1.165, 1.54) is 0 Å². The van der Waals surface area contributed by atoms with Crippen LogP contribution in [0.25, 0.3) is 10.9 Å². The average molecular weight is 321 g/mol. The molecule has 0 fully saturated rings. The fourth-order valence-electron chi connectivity index (χ4n) is 1.82. The van der Waals surface area contributed by atoms with Crippen LogP contribution in [0.4, 0.5) is 0 Å². The summed E-state index contributed by atoms with van der Waals surface area (Å²) in [4.78, 5) is 17.7. The molecule has 5 heteroatoms. The number of aromatic nitrogens is 2. The Morgan fingerprint density at radius 2 is 2.06 bits per heavy atom. The molecule has 3 nitrogen and oxygen atoms in total. The molecule has 0 spiro atoms. The molecule has 0 aliphatic rings. The molecule has 3 rings (SSSR count). The molecule has 0 radical (unpaired) electrons. The van der Waals surface area contributed by atoms with Gasteiger partial charge in [0.1, 0.15) is 0 Å². The molecule has 18 heavy (non-hydrogen) atoms. The minimum Gasteiger partial charge on any atom is -0.293 e. The van der Waals surface area contributed by atoms with E-state index in [-0.39, 0.29) is 5.56 Å². The second-order valence-corrected chi connectivity index (χ2v) is 6.45. The van der Waals surface area contributed by atoms with Crippen LogP contribution in [0.1, 0.15) is 4.88 Å². The van der Waals surface area contributed by atoms with Crippen LogP contribution < -0.4 is 5.56 Å². The molecule has 0 atom stereocenters. The van der Waals surface area contributed by atoms with Gasteiger partial charge in [-0.15, -0.1) is 11.3 Å². The van der Waals surface area contributed by atoms with Crippen molar-refractivity contribution in [2.75, 3.05) is 0 Å².